The highest BCUT2D eigenvalue weighted by atomic mass is 35.5. The van der Waals surface area contributed by atoms with Crippen molar-refractivity contribution >= 4 is 23.4 Å². The molecule has 4 heteroatoms. The van der Waals surface area contributed by atoms with Crippen LogP contribution >= 0.6 is 23.4 Å². The zero-order valence-corrected chi connectivity index (χ0v) is 11.2. The van der Waals surface area contributed by atoms with E-state index in [4.69, 9.17) is 17.3 Å². The van der Waals surface area contributed by atoms with Crippen LogP contribution in [0.4, 0.5) is 4.39 Å². The molecular weight excluding hydrogens is 257 g/mol. The summed E-state index contributed by atoms with van der Waals surface area (Å²) in [6.45, 7) is 0. The van der Waals surface area contributed by atoms with Gasteiger partial charge in [-0.3, -0.25) is 0 Å². The molecule has 1 aromatic carbocycles. The van der Waals surface area contributed by atoms with Gasteiger partial charge in [-0.1, -0.05) is 24.4 Å². The van der Waals surface area contributed by atoms with Crippen molar-refractivity contribution in [3.05, 3.63) is 34.6 Å². The summed E-state index contributed by atoms with van der Waals surface area (Å²) in [4.78, 5) is 0. The molecule has 1 aliphatic rings. The van der Waals surface area contributed by atoms with E-state index in [1.807, 2.05) is 11.8 Å². The van der Waals surface area contributed by atoms with Crippen LogP contribution in [-0.2, 0) is 0 Å². The lowest BCUT2D eigenvalue weighted by atomic mass is 10.1. The van der Waals surface area contributed by atoms with Crippen LogP contribution < -0.4 is 5.73 Å². The number of thioether (sulfide) groups is 1. The maximum absolute atomic E-state index is 13.1. The molecule has 0 aliphatic heterocycles. The Morgan fingerprint density at radius 3 is 2.82 bits per heavy atom. The number of benzene rings is 1. The first-order valence-electron chi connectivity index (χ1n) is 5.99. The first kappa shape index (κ1) is 13.2. The van der Waals surface area contributed by atoms with E-state index in [9.17, 15) is 4.39 Å². The van der Waals surface area contributed by atoms with Gasteiger partial charge in [0.2, 0.25) is 0 Å². The van der Waals surface area contributed by atoms with Gasteiger partial charge in [-0.15, -0.1) is 0 Å². The third-order valence-corrected chi connectivity index (χ3v) is 5.01. The Morgan fingerprint density at radius 2 is 2.12 bits per heavy atom. The highest BCUT2D eigenvalue weighted by Gasteiger charge is 2.18. The van der Waals surface area contributed by atoms with E-state index in [0.29, 0.717) is 5.02 Å². The molecule has 0 spiro atoms. The minimum atomic E-state index is -0.272. The van der Waals surface area contributed by atoms with Gasteiger partial charge in [0.15, 0.2) is 0 Å². The van der Waals surface area contributed by atoms with Crippen LogP contribution in [0.25, 0.3) is 0 Å². The van der Waals surface area contributed by atoms with Crippen molar-refractivity contribution in [3.63, 3.8) is 0 Å². The van der Waals surface area contributed by atoms with Crippen molar-refractivity contribution in [2.75, 3.05) is 5.75 Å². The van der Waals surface area contributed by atoms with Crippen LogP contribution in [0.2, 0.25) is 5.02 Å². The number of nitrogens with two attached hydrogens (primary N) is 1. The third-order valence-electron chi connectivity index (χ3n) is 3.17. The summed E-state index contributed by atoms with van der Waals surface area (Å²) in [5.41, 5.74) is 6.79. The zero-order valence-electron chi connectivity index (χ0n) is 9.66. The molecule has 1 fully saturated rings. The zero-order chi connectivity index (χ0) is 12.3. The molecule has 1 atom stereocenters. The summed E-state index contributed by atoms with van der Waals surface area (Å²) in [6.07, 6.45) is 5.23. The first-order chi connectivity index (χ1) is 8.16. The first-order valence-corrected chi connectivity index (χ1v) is 7.41. The monoisotopic (exact) mass is 273 g/mol. The van der Waals surface area contributed by atoms with Gasteiger partial charge in [0.05, 0.1) is 0 Å². The van der Waals surface area contributed by atoms with E-state index in [-0.39, 0.29) is 11.9 Å². The van der Waals surface area contributed by atoms with Gasteiger partial charge >= 0.3 is 0 Å². The fourth-order valence-electron chi connectivity index (χ4n) is 2.18. The molecule has 0 amide bonds. The quantitative estimate of drug-likeness (QED) is 0.892. The maximum Gasteiger partial charge on any atom is 0.123 e. The molecule has 1 saturated carbocycles. The van der Waals surface area contributed by atoms with E-state index in [0.717, 1.165) is 16.6 Å². The number of hydrogen-bond acceptors (Lipinski definition) is 2. The van der Waals surface area contributed by atoms with Crippen LogP contribution in [0.5, 0.6) is 0 Å². The van der Waals surface area contributed by atoms with E-state index < -0.39 is 0 Å². The molecule has 1 aliphatic carbocycles. The second-order valence-corrected chi connectivity index (χ2v) is 6.25. The second-order valence-electron chi connectivity index (χ2n) is 4.51. The lowest BCUT2D eigenvalue weighted by Gasteiger charge is -2.16. The molecule has 1 unspecified atom stereocenters. The molecule has 1 aromatic rings. The maximum atomic E-state index is 13.1. The molecule has 1 nitrogen and oxygen atoms in total. The summed E-state index contributed by atoms with van der Waals surface area (Å²) in [6, 6.07) is 4.21. The van der Waals surface area contributed by atoms with Crippen molar-refractivity contribution < 1.29 is 4.39 Å². The van der Waals surface area contributed by atoms with Gasteiger partial charge in [-0.25, -0.2) is 4.39 Å². The molecule has 2 rings (SSSR count). The normalized spacial score (nSPS) is 18.5. The molecule has 17 heavy (non-hydrogen) atoms. The molecule has 0 bridgehead atoms. The van der Waals surface area contributed by atoms with Crippen molar-refractivity contribution in [2.45, 2.75) is 37.0 Å². The Hall–Kier alpha value is -0.250. The topological polar surface area (TPSA) is 26.0 Å². The van der Waals surface area contributed by atoms with Gasteiger partial charge in [0, 0.05) is 22.1 Å². The number of rotatable bonds is 4. The van der Waals surface area contributed by atoms with Crippen LogP contribution in [0, 0.1) is 5.82 Å². The fourth-order valence-corrected chi connectivity index (χ4v) is 3.77. The van der Waals surface area contributed by atoms with Crippen molar-refractivity contribution in [3.8, 4) is 0 Å². The molecule has 0 saturated heterocycles. The summed E-state index contributed by atoms with van der Waals surface area (Å²) in [7, 11) is 0. The Balaban J connectivity index is 1.93. The second kappa shape index (κ2) is 6.07. The highest BCUT2D eigenvalue weighted by molar-refractivity contribution is 7.99. The molecule has 0 aromatic heterocycles. The van der Waals surface area contributed by atoms with Crippen LogP contribution in [-0.4, -0.2) is 11.0 Å². The van der Waals surface area contributed by atoms with E-state index >= 15 is 0 Å². The molecule has 0 radical (unpaired) electrons. The van der Waals surface area contributed by atoms with Gasteiger partial charge in [-0.2, -0.15) is 11.8 Å². The highest BCUT2D eigenvalue weighted by Crippen LogP contribution is 2.32. The van der Waals surface area contributed by atoms with E-state index in [1.54, 1.807) is 6.07 Å². The van der Waals surface area contributed by atoms with Gasteiger partial charge in [0.1, 0.15) is 5.82 Å². The minimum absolute atomic E-state index is 0.177. The van der Waals surface area contributed by atoms with Gasteiger partial charge < -0.3 is 5.73 Å². The largest absolute Gasteiger partial charge is 0.323 e. The average Bonchev–Trinajstić information content (AvgIpc) is 2.82. The predicted octanol–water partition coefficient (Wildman–Crippen LogP) is 4.15. The van der Waals surface area contributed by atoms with Gasteiger partial charge in [-0.05, 0) is 36.6 Å². The Kier molecular flexibility index (Phi) is 4.71. The molecular formula is C13H17ClFNS. The fraction of sp³-hybridized carbons (Fsp3) is 0.538. The summed E-state index contributed by atoms with van der Waals surface area (Å²) in [5.74, 6) is 0.541. The molecule has 0 heterocycles. The van der Waals surface area contributed by atoms with Crippen LogP contribution in [0.15, 0.2) is 18.2 Å². The Bertz CT molecular complexity index is 380. The third kappa shape index (κ3) is 3.60. The number of halogens is 2. The lowest BCUT2D eigenvalue weighted by molar-refractivity contribution is 0.622. The van der Waals surface area contributed by atoms with Crippen molar-refractivity contribution in [2.24, 2.45) is 5.73 Å². The van der Waals surface area contributed by atoms with Gasteiger partial charge in [0.25, 0.3) is 0 Å². The Morgan fingerprint density at radius 1 is 1.41 bits per heavy atom. The summed E-state index contributed by atoms with van der Waals surface area (Å²) < 4.78 is 13.1. The van der Waals surface area contributed by atoms with E-state index in [2.05, 4.69) is 0 Å². The molecule has 2 N–H and O–H groups in total. The van der Waals surface area contributed by atoms with Crippen LogP contribution in [0.1, 0.15) is 37.3 Å². The number of hydrogen-bond donors (Lipinski definition) is 1. The minimum Gasteiger partial charge on any atom is -0.323 e. The summed E-state index contributed by atoms with van der Waals surface area (Å²) in [5, 5.41) is 1.29. The SMILES string of the molecule is NC(CSC1CCCC1)c1cc(F)ccc1Cl. The standard InChI is InChI=1S/C13H17ClFNS/c14-12-6-5-9(15)7-11(12)13(16)8-17-10-3-1-2-4-10/h5-7,10,13H,1-4,8,16H2. The van der Waals surface area contributed by atoms with Crippen molar-refractivity contribution in [1.29, 1.82) is 0 Å². The average molecular weight is 274 g/mol. The van der Waals surface area contributed by atoms with Crippen molar-refractivity contribution in [1.82, 2.24) is 0 Å². The molecule has 94 valence electrons. The summed E-state index contributed by atoms with van der Waals surface area (Å²) >= 11 is 7.93. The predicted molar refractivity (Wildman–Crippen MR) is 73.1 cm³/mol. The lowest BCUT2D eigenvalue weighted by Crippen LogP contribution is -2.15. The Labute approximate surface area is 111 Å². The van der Waals surface area contributed by atoms with Crippen LogP contribution in [0.3, 0.4) is 0 Å². The smallest absolute Gasteiger partial charge is 0.123 e. The van der Waals surface area contributed by atoms with E-state index in [1.165, 1.54) is 37.8 Å².